The first-order valence-corrected chi connectivity index (χ1v) is 6.06. The molecule has 0 fully saturated rings. The van der Waals surface area contributed by atoms with Crippen LogP contribution in [-0.4, -0.2) is 41.2 Å². The van der Waals surface area contributed by atoms with Gasteiger partial charge >= 0.3 is 0 Å². The van der Waals surface area contributed by atoms with Gasteiger partial charge < -0.3 is 16.2 Å². The summed E-state index contributed by atoms with van der Waals surface area (Å²) in [5.74, 6) is 0.266. The van der Waals surface area contributed by atoms with Crippen LogP contribution in [0.25, 0.3) is 0 Å². The Hall–Kier alpha value is -0.260. The van der Waals surface area contributed by atoms with Gasteiger partial charge in [-0.2, -0.15) is 11.8 Å². The van der Waals surface area contributed by atoms with Gasteiger partial charge in [0.05, 0.1) is 11.6 Å². The first-order chi connectivity index (χ1) is 6.43. The average Bonchev–Trinajstić information content (AvgIpc) is 2.04. The minimum absolute atomic E-state index is 0.344. The summed E-state index contributed by atoms with van der Waals surface area (Å²) in [5, 5.41) is 12.8. The number of hydrogen-bond donors (Lipinski definition) is 3. The molecule has 2 unspecified atom stereocenters. The molecule has 0 heterocycles. The molecule has 4 N–H and O–H groups in total. The van der Waals surface area contributed by atoms with E-state index in [9.17, 15) is 9.90 Å². The number of nitrogens with two attached hydrogens (primary N) is 1. The molecule has 0 aliphatic rings. The van der Waals surface area contributed by atoms with E-state index in [1.165, 1.54) is 0 Å². The topological polar surface area (TPSA) is 75.3 Å². The Kier molecular flexibility index (Phi) is 6.15. The Bertz CT molecular complexity index is 186. The van der Waals surface area contributed by atoms with Gasteiger partial charge in [-0.15, -0.1) is 0 Å². The zero-order valence-electron chi connectivity index (χ0n) is 9.04. The summed E-state index contributed by atoms with van der Waals surface area (Å²) in [6.45, 7) is 4.01. The third kappa shape index (κ3) is 5.47. The second-order valence-electron chi connectivity index (χ2n) is 3.67. The maximum absolute atomic E-state index is 10.9. The molecule has 0 radical (unpaired) electrons. The summed E-state index contributed by atoms with van der Waals surface area (Å²) in [4.78, 5) is 10.9. The Balaban J connectivity index is 3.95. The molecule has 14 heavy (non-hydrogen) atoms. The van der Waals surface area contributed by atoms with Gasteiger partial charge in [0.2, 0.25) is 5.91 Å². The zero-order valence-corrected chi connectivity index (χ0v) is 9.86. The van der Waals surface area contributed by atoms with Crippen LogP contribution in [0, 0.1) is 0 Å². The first-order valence-electron chi connectivity index (χ1n) is 4.67. The largest absolute Gasteiger partial charge is 0.388 e. The molecule has 1 amide bonds. The molecule has 0 rings (SSSR count). The molecule has 0 bridgehead atoms. The van der Waals surface area contributed by atoms with E-state index in [1.54, 1.807) is 18.7 Å². The van der Waals surface area contributed by atoms with Crippen molar-refractivity contribution in [3.05, 3.63) is 0 Å². The fourth-order valence-corrected chi connectivity index (χ4v) is 1.88. The number of aliphatic hydroxyl groups is 1. The lowest BCUT2D eigenvalue weighted by atomic mass is 10.1. The van der Waals surface area contributed by atoms with Gasteiger partial charge in [0.25, 0.3) is 0 Å². The van der Waals surface area contributed by atoms with Crippen LogP contribution in [-0.2, 0) is 4.79 Å². The Labute approximate surface area is 89.6 Å². The molecule has 84 valence electrons. The highest BCUT2D eigenvalue weighted by atomic mass is 32.2. The Morgan fingerprint density at radius 2 is 2.29 bits per heavy atom. The number of primary amides is 1. The van der Waals surface area contributed by atoms with E-state index >= 15 is 0 Å². The fourth-order valence-electron chi connectivity index (χ4n) is 1.15. The van der Waals surface area contributed by atoms with E-state index in [0.717, 1.165) is 0 Å². The van der Waals surface area contributed by atoms with Gasteiger partial charge in [0.15, 0.2) is 0 Å². The average molecular weight is 220 g/mol. The summed E-state index contributed by atoms with van der Waals surface area (Å²) in [6, 6.07) is -0.344. The molecule has 2 atom stereocenters. The summed E-state index contributed by atoms with van der Waals surface area (Å²) in [6.07, 6.45) is 2.57. The lowest BCUT2D eigenvalue weighted by Gasteiger charge is -2.25. The van der Waals surface area contributed by atoms with Crippen LogP contribution in [0.1, 0.15) is 20.3 Å². The number of carbonyl (C=O) groups is 1. The quantitative estimate of drug-likeness (QED) is 0.562. The normalized spacial score (nSPS) is 17.4. The SMILES string of the molecule is CCC(NCC(C)(O)CSC)C(N)=O. The summed E-state index contributed by atoms with van der Waals surface area (Å²) >= 11 is 1.57. The first kappa shape index (κ1) is 13.7. The lowest BCUT2D eigenvalue weighted by Crippen LogP contribution is -2.48. The maximum Gasteiger partial charge on any atom is 0.234 e. The van der Waals surface area contributed by atoms with Gasteiger partial charge in [0, 0.05) is 12.3 Å². The lowest BCUT2D eigenvalue weighted by molar-refractivity contribution is -0.120. The van der Waals surface area contributed by atoms with Gasteiger partial charge in [-0.05, 0) is 19.6 Å². The predicted molar refractivity (Wildman–Crippen MR) is 60.3 cm³/mol. The smallest absolute Gasteiger partial charge is 0.234 e. The monoisotopic (exact) mass is 220 g/mol. The van der Waals surface area contributed by atoms with Crippen LogP contribution in [0.2, 0.25) is 0 Å². The van der Waals surface area contributed by atoms with Crippen LogP contribution < -0.4 is 11.1 Å². The van der Waals surface area contributed by atoms with Crippen molar-refractivity contribution >= 4 is 17.7 Å². The molecule has 4 nitrogen and oxygen atoms in total. The molecular formula is C9H20N2O2S. The van der Waals surface area contributed by atoms with Crippen molar-refractivity contribution in [1.29, 1.82) is 0 Å². The van der Waals surface area contributed by atoms with Crippen LogP contribution in [0.5, 0.6) is 0 Å². The number of thioether (sulfide) groups is 1. The van der Waals surface area contributed by atoms with Crippen molar-refractivity contribution in [2.45, 2.75) is 31.9 Å². The standard InChI is InChI=1S/C9H20N2O2S/c1-4-7(8(10)12)11-5-9(2,13)6-14-3/h7,11,13H,4-6H2,1-3H3,(H2,10,12). The van der Waals surface area contributed by atoms with Gasteiger partial charge in [-0.25, -0.2) is 0 Å². The van der Waals surface area contributed by atoms with Gasteiger partial charge in [-0.3, -0.25) is 4.79 Å². The number of amides is 1. The highest BCUT2D eigenvalue weighted by Crippen LogP contribution is 2.09. The maximum atomic E-state index is 10.9. The van der Waals surface area contributed by atoms with Gasteiger partial charge in [0.1, 0.15) is 0 Å². The molecule has 0 saturated carbocycles. The predicted octanol–water partition coefficient (Wildman–Crippen LogP) is -0.0461. The van der Waals surface area contributed by atoms with Crippen molar-refractivity contribution in [3.8, 4) is 0 Å². The minimum atomic E-state index is -0.789. The molecule has 0 spiro atoms. The molecule has 0 aliphatic heterocycles. The number of rotatable bonds is 7. The van der Waals surface area contributed by atoms with Crippen LogP contribution >= 0.6 is 11.8 Å². The second kappa shape index (κ2) is 6.27. The number of hydrogen-bond acceptors (Lipinski definition) is 4. The van der Waals surface area contributed by atoms with Gasteiger partial charge in [-0.1, -0.05) is 6.92 Å². The third-order valence-corrected chi connectivity index (χ3v) is 2.85. The molecule has 0 aliphatic carbocycles. The van der Waals surface area contributed by atoms with E-state index in [1.807, 2.05) is 13.2 Å². The van der Waals surface area contributed by atoms with Crippen LogP contribution in [0.3, 0.4) is 0 Å². The third-order valence-electron chi connectivity index (χ3n) is 1.94. The second-order valence-corrected chi connectivity index (χ2v) is 4.54. The molecule has 0 saturated heterocycles. The summed E-state index contributed by atoms with van der Waals surface area (Å²) < 4.78 is 0. The van der Waals surface area contributed by atoms with E-state index in [0.29, 0.717) is 18.7 Å². The highest BCUT2D eigenvalue weighted by Gasteiger charge is 2.22. The van der Waals surface area contributed by atoms with E-state index < -0.39 is 5.60 Å². The zero-order chi connectivity index (χ0) is 11.2. The molecule has 5 heteroatoms. The van der Waals surface area contributed by atoms with Crippen molar-refractivity contribution in [2.24, 2.45) is 5.73 Å². The van der Waals surface area contributed by atoms with Crippen molar-refractivity contribution < 1.29 is 9.90 Å². The molecular weight excluding hydrogens is 200 g/mol. The molecule has 0 aromatic rings. The Morgan fingerprint density at radius 1 is 1.71 bits per heavy atom. The Morgan fingerprint density at radius 3 is 2.64 bits per heavy atom. The molecule has 0 aromatic carbocycles. The van der Waals surface area contributed by atoms with Crippen LogP contribution in [0.15, 0.2) is 0 Å². The summed E-state index contributed by atoms with van der Waals surface area (Å²) in [7, 11) is 0. The van der Waals surface area contributed by atoms with E-state index in [-0.39, 0.29) is 11.9 Å². The fraction of sp³-hybridized carbons (Fsp3) is 0.889. The van der Waals surface area contributed by atoms with E-state index in [4.69, 9.17) is 5.73 Å². The van der Waals surface area contributed by atoms with Crippen molar-refractivity contribution in [1.82, 2.24) is 5.32 Å². The molecule has 0 aromatic heterocycles. The van der Waals surface area contributed by atoms with E-state index in [2.05, 4.69) is 5.32 Å². The van der Waals surface area contributed by atoms with Crippen molar-refractivity contribution in [2.75, 3.05) is 18.6 Å². The number of nitrogens with one attached hydrogen (secondary N) is 1. The number of carbonyl (C=O) groups excluding carboxylic acids is 1. The highest BCUT2D eigenvalue weighted by molar-refractivity contribution is 7.98. The minimum Gasteiger partial charge on any atom is -0.388 e. The van der Waals surface area contributed by atoms with Crippen molar-refractivity contribution in [3.63, 3.8) is 0 Å². The summed E-state index contributed by atoms with van der Waals surface area (Å²) in [5.41, 5.74) is 4.37. The van der Waals surface area contributed by atoms with Crippen LogP contribution in [0.4, 0.5) is 0 Å².